The van der Waals surface area contributed by atoms with Gasteiger partial charge < -0.3 is 19.4 Å². The van der Waals surface area contributed by atoms with E-state index in [-0.39, 0.29) is 5.88 Å². The van der Waals surface area contributed by atoms with E-state index < -0.39 is 0 Å². The first-order valence-corrected chi connectivity index (χ1v) is 7.04. The summed E-state index contributed by atoms with van der Waals surface area (Å²) in [5, 5.41) is 4.05. The number of benzene rings is 1. The number of anilines is 1. The fourth-order valence-corrected chi connectivity index (χ4v) is 2.65. The van der Waals surface area contributed by atoms with Crippen molar-refractivity contribution in [1.29, 1.82) is 0 Å². The summed E-state index contributed by atoms with van der Waals surface area (Å²) in [5.74, 6) is 0.943. The quantitative estimate of drug-likeness (QED) is 0.765. The number of nitrogens with two attached hydrogens (primary N) is 1. The van der Waals surface area contributed by atoms with Gasteiger partial charge in [-0.3, -0.25) is 0 Å². The second-order valence-electron chi connectivity index (χ2n) is 4.58. The summed E-state index contributed by atoms with van der Waals surface area (Å²) in [6.45, 7) is 2.00. The van der Waals surface area contributed by atoms with Gasteiger partial charge in [-0.2, -0.15) is 0 Å². The predicted molar refractivity (Wildman–Crippen MR) is 83.0 cm³/mol. The van der Waals surface area contributed by atoms with Crippen LogP contribution in [-0.4, -0.2) is 12.3 Å². The van der Waals surface area contributed by atoms with E-state index in [0.717, 1.165) is 16.7 Å². The molecule has 5 nitrogen and oxygen atoms in total. The minimum Gasteiger partial charge on any atom is -0.496 e. The van der Waals surface area contributed by atoms with E-state index in [1.54, 1.807) is 19.4 Å². The first-order valence-electron chi connectivity index (χ1n) is 6.25. The molecule has 1 aromatic carbocycles. The molecule has 2 heterocycles. The molecule has 21 heavy (non-hydrogen) atoms. The number of methoxy groups -OCH3 is 1. The Morgan fingerprint density at radius 2 is 2.05 bits per heavy atom. The van der Waals surface area contributed by atoms with Crippen molar-refractivity contribution in [3.05, 3.63) is 40.8 Å². The van der Waals surface area contributed by atoms with Gasteiger partial charge in [0, 0.05) is 5.56 Å². The third kappa shape index (κ3) is 2.31. The molecule has 108 valence electrons. The van der Waals surface area contributed by atoms with Gasteiger partial charge in [0.25, 0.3) is 0 Å². The zero-order valence-corrected chi connectivity index (χ0v) is 13.1. The summed E-state index contributed by atoms with van der Waals surface area (Å²) < 4.78 is 16.4. The minimum absolute atomic E-state index is 0.238. The van der Waals surface area contributed by atoms with Crippen LogP contribution >= 0.6 is 15.9 Å². The van der Waals surface area contributed by atoms with E-state index in [0.29, 0.717) is 21.7 Å². The van der Waals surface area contributed by atoms with Crippen LogP contribution in [0.5, 0.6) is 5.75 Å². The fourth-order valence-electron chi connectivity index (χ4n) is 2.23. The van der Waals surface area contributed by atoms with Gasteiger partial charge in [0.15, 0.2) is 4.67 Å². The third-order valence-corrected chi connectivity index (χ3v) is 3.83. The van der Waals surface area contributed by atoms with E-state index in [1.165, 1.54) is 0 Å². The zero-order chi connectivity index (χ0) is 15.0. The number of ether oxygens (including phenoxy) is 1. The van der Waals surface area contributed by atoms with Crippen molar-refractivity contribution >= 4 is 21.8 Å². The van der Waals surface area contributed by atoms with Crippen molar-refractivity contribution in [2.75, 3.05) is 12.8 Å². The largest absolute Gasteiger partial charge is 0.496 e. The molecule has 0 amide bonds. The maximum Gasteiger partial charge on any atom is 0.230 e. The minimum atomic E-state index is 0.238. The summed E-state index contributed by atoms with van der Waals surface area (Å²) in [4.78, 5) is 0. The van der Waals surface area contributed by atoms with Crippen LogP contribution in [0.2, 0.25) is 0 Å². The average Bonchev–Trinajstić information content (AvgIpc) is 3.04. The van der Waals surface area contributed by atoms with Crippen LogP contribution < -0.4 is 10.5 Å². The number of rotatable bonds is 3. The molecule has 3 aromatic rings. The Hall–Kier alpha value is -2.21. The predicted octanol–water partition coefficient (Wildman–Crippen LogP) is 4.26. The van der Waals surface area contributed by atoms with Gasteiger partial charge in [-0.25, -0.2) is 0 Å². The van der Waals surface area contributed by atoms with Gasteiger partial charge in [0.05, 0.1) is 24.5 Å². The van der Waals surface area contributed by atoms with E-state index in [2.05, 4.69) is 21.1 Å². The fraction of sp³-hybridized carbons (Fsp3) is 0.133. The highest BCUT2D eigenvalue weighted by Gasteiger charge is 2.23. The number of hydrogen-bond donors (Lipinski definition) is 1. The molecule has 0 bridgehead atoms. The van der Waals surface area contributed by atoms with Crippen LogP contribution in [0.3, 0.4) is 0 Å². The van der Waals surface area contributed by atoms with E-state index in [9.17, 15) is 0 Å². The van der Waals surface area contributed by atoms with Gasteiger partial charge in [-0.15, -0.1) is 0 Å². The molecule has 0 aliphatic heterocycles. The number of aromatic nitrogens is 1. The van der Waals surface area contributed by atoms with Crippen LogP contribution in [0.4, 0.5) is 5.88 Å². The van der Waals surface area contributed by atoms with Crippen molar-refractivity contribution in [1.82, 2.24) is 5.16 Å². The normalized spacial score (nSPS) is 10.8. The van der Waals surface area contributed by atoms with Crippen LogP contribution in [0.25, 0.3) is 22.4 Å². The molecule has 0 saturated heterocycles. The Morgan fingerprint density at radius 3 is 2.71 bits per heavy atom. The molecule has 2 N–H and O–H groups in total. The SMILES string of the molecule is COc1ccc(C)cc1-c1c(-c2ccoc2Br)noc1N. The van der Waals surface area contributed by atoms with Gasteiger partial charge in [-0.05, 0) is 41.1 Å². The Bertz CT molecular complexity index is 792. The Balaban J connectivity index is 2.27. The van der Waals surface area contributed by atoms with E-state index in [1.807, 2.05) is 25.1 Å². The molecule has 0 aliphatic carbocycles. The second kappa shape index (κ2) is 5.29. The molecule has 0 spiro atoms. The summed E-state index contributed by atoms with van der Waals surface area (Å²) in [6.07, 6.45) is 1.57. The molecule has 0 unspecified atom stereocenters. The lowest BCUT2D eigenvalue weighted by molar-refractivity contribution is 0.416. The zero-order valence-electron chi connectivity index (χ0n) is 11.5. The van der Waals surface area contributed by atoms with Crippen molar-refractivity contribution < 1.29 is 13.7 Å². The highest BCUT2D eigenvalue weighted by atomic mass is 79.9. The Morgan fingerprint density at radius 1 is 1.24 bits per heavy atom. The lowest BCUT2D eigenvalue weighted by Gasteiger charge is -2.09. The second-order valence-corrected chi connectivity index (χ2v) is 5.30. The topological polar surface area (TPSA) is 74.4 Å². The number of nitrogen functional groups attached to an aromatic ring is 1. The molecule has 6 heteroatoms. The number of nitrogens with zero attached hydrogens (tertiary/aromatic N) is 1. The van der Waals surface area contributed by atoms with Crippen molar-refractivity contribution in [2.24, 2.45) is 0 Å². The number of furan rings is 1. The van der Waals surface area contributed by atoms with Crippen LogP contribution in [0, 0.1) is 6.92 Å². The Labute approximate surface area is 129 Å². The maximum absolute atomic E-state index is 5.97. The maximum atomic E-state index is 5.97. The molecule has 0 aliphatic rings. The number of halogens is 1. The van der Waals surface area contributed by atoms with Crippen LogP contribution in [0.15, 0.2) is 44.1 Å². The molecule has 0 fully saturated rings. The monoisotopic (exact) mass is 348 g/mol. The third-order valence-electron chi connectivity index (χ3n) is 3.22. The number of hydrogen-bond acceptors (Lipinski definition) is 5. The van der Waals surface area contributed by atoms with Gasteiger partial charge >= 0.3 is 0 Å². The van der Waals surface area contributed by atoms with Gasteiger partial charge in [0.1, 0.15) is 11.4 Å². The first kappa shape index (κ1) is 13.8. The first-order chi connectivity index (χ1) is 10.1. The van der Waals surface area contributed by atoms with Crippen LogP contribution in [-0.2, 0) is 0 Å². The van der Waals surface area contributed by atoms with Crippen LogP contribution in [0.1, 0.15) is 5.56 Å². The summed E-state index contributed by atoms with van der Waals surface area (Å²) >= 11 is 3.35. The van der Waals surface area contributed by atoms with Gasteiger partial charge in [-0.1, -0.05) is 16.8 Å². The molecule has 0 radical (unpaired) electrons. The standard InChI is InChI=1S/C15H13BrN2O3/c1-8-3-4-11(19-2)10(7-8)12-13(18-21-15(12)17)9-5-6-20-14(9)16/h3-7H,17H2,1-2H3. The van der Waals surface area contributed by atoms with Crippen molar-refractivity contribution in [2.45, 2.75) is 6.92 Å². The smallest absolute Gasteiger partial charge is 0.230 e. The van der Waals surface area contributed by atoms with Gasteiger partial charge in [0.2, 0.25) is 5.88 Å². The summed E-state index contributed by atoms with van der Waals surface area (Å²) in [7, 11) is 1.62. The highest BCUT2D eigenvalue weighted by molar-refractivity contribution is 9.10. The highest BCUT2D eigenvalue weighted by Crippen LogP contribution is 2.43. The van der Waals surface area contributed by atoms with E-state index >= 15 is 0 Å². The molecular formula is C15H13BrN2O3. The summed E-state index contributed by atoms with van der Waals surface area (Å²) in [6, 6.07) is 7.65. The molecule has 3 rings (SSSR count). The Kier molecular flexibility index (Phi) is 3.47. The number of aryl methyl sites for hydroxylation is 1. The molecule has 2 aromatic heterocycles. The molecule has 0 saturated carbocycles. The molecular weight excluding hydrogens is 336 g/mol. The summed E-state index contributed by atoms with van der Waals surface area (Å²) in [5.41, 5.74) is 9.96. The molecule has 0 atom stereocenters. The average molecular weight is 349 g/mol. The van der Waals surface area contributed by atoms with Crippen molar-refractivity contribution in [3.8, 4) is 28.1 Å². The lowest BCUT2D eigenvalue weighted by atomic mass is 10.00. The van der Waals surface area contributed by atoms with Crippen molar-refractivity contribution in [3.63, 3.8) is 0 Å². The van der Waals surface area contributed by atoms with E-state index in [4.69, 9.17) is 19.4 Å². The lowest BCUT2D eigenvalue weighted by Crippen LogP contribution is -1.93.